The quantitative estimate of drug-likeness (QED) is 0.782. The first-order valence-electron chi connectivity index (χ1n) is 5.96. The lowest BCUT2D eigenvalue weighted by molar-refractivity contribution is 0.942. The van der Waals surface area contributed by atoms with Crippen LogP contribution in [-0.4, -0.2) is 14.6 Å². The maximum Gasteiger partial charge on any atom is 0.152 e. The lowest BCUT2D eigenvalue weighted by Gasteiger charge is -2.07. The summed E-state index contributed by atoms with van der Waals surface area (Å²) in [5, 5.41) is 9.73. The Balaban J connectivity index is 1.83. The van der Waals surface area contributed by atoms with Crippen molar-refractivity contribution in [2.45, 2.75) is 19.9 Å². The zero-order valence-corrected chi connectivity index (χ0v) is 10.9. The predicted octanol–water partition coefficient (Wildman–Crippen LogP) is 2.97. The largest absolute Gasteiger partial charge is 0.363 e. The highest BCUT2D eigenvalue weighted by Crippen LogP contribution is 2.20. The Morgan fingerprint density at radius 3 is 3.17 bits per heavy atom. The normalized spacial score (nSPS) is 10.9. The van der Waals surface area contributed by atoms with E-state index < -0.39 is 0 Å². The topological polar surface area (TPSA) is 42.2 Å². The Labute approximate surface area is 109 Å². The molecule has 0 radical (unpaired) electrons. The van der Waals surface area contributed by atoms with Crippen LogP contribution in [0.3, 0.4) is 0 Å². The number of aryl methyl sites for hydroxylation is 1. The van der Waals surface area contributed by atoms with Crippen LogP contribution in [0.1, 0.15) is 17.4 Å². The minimum absolute atomic E-state index is 0.818. The molecule has 0 unspecified atom stereocenters. The van der Waals surface area contributed by atoms with Gasteiger partial charge in [0.05, 0.1) is 12.7 Å². The highest BCUT2D eigenvalue weighted by Gasteiger charge is 2.05. The second-order valence-electron chi connectivity index (χ2n) is 4.01. The number of rotatable bonds is 4. The molecule has 0 aliphatic heterocycles. The molecule has 0 bridgehead atoms. The maximum absolute atomic E-state index is 4.37. The van der Waals surface area contributed by atoms with Gasteiger partial charge in [0.15, 0.2) is 5.82 Å². The molecule has 92 valence electrons. The van der Waals surface area contributed by atoms with Crippen LogP contribution in [0.4, 0.5) is 5.82 Å². The SMILES string of the molecule is CCc1ccsc1CNc1nccn2nccc12. The van der Waals surface area contributed by atoms with Crippen molar-refractivity contribution in [2.24, 2.45) is 0 Å². The Hall–Kier alpha value is -1.88. The number of hydrogen-bond donors (Lipinski definition) is 1. The van der Waals surface area contributed by atoms with E-state index >= 15 is 0 Å². The molecule has 0 spiro atoms. The molecule has 0 atom stereocenters. The van der Waals surface area contributed by atoms with E-state index in [1.807, 2.05) is 16.8 Å². The lowest BCUT2D eigenvalue weighted by atomic mass is 10.2. The number of thiophene rings is 1. The summed E-state index contributed by atoms with van der Waals surface area (Å²) in [6, 6.07) is 4.15. The summed E-state index contributed by atoms with van der Waals surface area (Å²) in [6.07, 6.45) is 6.47. The molecule has 3 aromatic heterocycles. The Kier molecular flexibility index (Phi) is 2.98. The fourth-order valence-corrected chi connectivity index (χ4v) is 2.91. The second-order valence-corrected chi connectivity index (χ2v) is 5.01. The lowest BCUT2D eigenvalue weighted by Crippen LogP contribution is -2.03. The van der Waals surface area contributed by atoms with Crippen molar-refractivity contribution >= 4 is 22.7 Å². The van der Waals surface area contributed by atoms with Crippen LogP contribution in [-0.2, 0) is 13.0 Å². The van der Waals surface area contributed by atoms with Gasteiger partial charge in [-0.05, 0) is 29.5 Å². The van der Waals surface area contributed by atoms with Crippen LogP contribution >= 0.6 is 11.3 Å². The fraction of sp³-hybridized carbons (Fsp3) is 0.231. The fourth-order valence-electron chi connectivity index (χ4n) is 2.00. The highest BCUT2D eigenvalue weighted by molar-refractivity contribution is 7.10. The standard InChI is InChI=1S/C13H14N4S/c1-2-10-4-8-18-12(10)9-15-13-11-3-5-16-17(11)7-6-14-13/h3-8H,2,9H2,1H3,(H,14,15). The van der Waals surface area contributed by atoms with Crippen molar-refractivity contribution in [1.29, 1.82) is 0 Å². The van der Waals surface area contributed by atoms with E-state index in [2.05, 4.69) is 33.8 Å². The molecule has 1 N–H and O–H groups in total. The number of fused-ring (bicyclic) bond motifs is 1. The van der Waals surface area contributed by atoms with E-state index in [1.165, 1.54) is 10.4 Å². The molecule has 0 amide bonds. The summed E-state index contributed by atoms with van der Waals surface area (Å²) in [6.45, 7) is 3.00. The summed E-state index contributed by atoms with van der Waals surface area (Å²) in [5.41, 5.74) is 2.42. The number of hydrogen-bond acceptors (Lipinski definition) is 4. The molecular weight excluding hydrogens is 244 g/mol. The highest BCUT2D eigenvalue weighted by atomic mass is 32.1. The van der Waals surface area contributed by atoms with Crippen molar-refractivity contribution in [3.05, 3.63) is 46.5 Å². The molecular formula is C13H14N4S. The smallest absolute Gasteiger partial charge is 0.152 e. The summed E-state index contributed by atoms with van der Waals surface area (Å²) in [7, 11) is 0. The Bertz CT molecular complexity index is 656. The predicted molar refractivity (Wildman–Crippen MR) is 74.0 cm³/mol. The molecule has 0 aliphatic carbocycles. The Morgan fingerprint density at radius 1 is 1.33 bits per heavy atom. The molecule has 0 aromatic carbocycles. The van der Waals surface area contributed by atoms with Gasteiger partial charge in [0, 0.05) is 17.3 Å². The molecule has 3 aromatic rings. The molecule has 5 heteroatoms. The van der Waals surface area contributed by atoms with E-state index in [0.717, 1.165) is 24.3 Å². The van der Waals surface area contributed by atoms with E-state index in [4.69, 9.17) is 0 Å². The first-order chi connectivity index (χ1) is 8.88. The van der Waals surface area contributed by atoms with Crippen LogP contribution in [0.2, 0.25) is 0 Å². The summed E-state index contributed by atoms with van der Waals surface area (Å²) >= 11 is 1.79. The van der Waals surface area contributed by atoms with Gasteiger partial charge in [0.25, 0.3) is 0 Å². The van der Waals surface area contributed by atoms with Gasteiger partial charge in [-0.25, -0.2) is 9.50 Å². The van der Waals surface area contributed by atoms with Crippen molar-refractivity contribution in [3.63, 3.8) is 0 Å². The van der Waals surface area contributed by atoms with Crippen LogP contribution in [0, 0.1) is 0 Å². The monoisotopic (exact) mass is 258 g/mol. The number of nitrogens with zero attached hydrogens (tertiary/aromatic N) is 3. The van der Waals surface area contributed by atoms with Crippen LogP contribution in [0.5, 0.6) is 0 Å². The van der Waals surface area contributed by atoms with Crippen molar-refractivity contribution in [2.75, 3.05) is 5.32 Å². The van der Waals surface area contributed by atoms with E-state index in [-0.39, 0.29) is 0 Å². The van der Waals surface area contributed by atoms with E-state index in [0.29, 0.717) is 0 Å². The van der Waals surface area contributed by atoms with E-state index in [9.17, 15) is 0 Å². The van der Waals surface area contributed by atoms with Gasteiger partial charge in [-0.1, -0.05) is 6.92 Å². The molecule has 0 saturated heterocycles. The average molecular weight is 258 g/mol. The number of aromatic nitrogens is 3. The summed E-state index contributed by atoms with van der Waals surface area (Å²) in [4.78, 5) is 5.74. The minimum atomic E-state index is 0.818. The minimum Gasteiger partial charge on any atom is -0.363 e. The van der Waals surface area contributed by atoms with Gasteiger partial charge in [-0.3, -0.25) is 0 Å². The van der Waals surface area contributed by atoms with Crippen molar-refractivity contribution < 1.29 is 0 Å². The molecule has 0 fully saturated rings. The van der Waals surface area contributed by atoms with Crippen LogP contribution in [0.25, 0.3) is 5.52 Å². The molecule has 4 nitrogen and oxygen atoms in total. The van der Waals surface area contributed by atoms with Crippen LogP contribution < -0.4 is 5.32 Å². The summed E-state index contributed by atoms with van der Waals surface area (Å²) < 4.78 is 1.82. The van der Waals surface area contributed by atoms with E-state index in [1.54, 1.807) is 23.7 Å². The maximum atomic E-state index is 4.37. The van der Waals surface area contributed by atoms with Crippen molar-refractivity contribution in [3.8, 4) is 0 Å². The zero-order chi connectivity index (χ0) is 12.4. The third-order valence-corrected chi connectivity index (χ3v) is 3.92. The average Bonchev–Trinajstić information content (AvgIpc) is 3.04. The number of nitrogens with one attached hydrogen (secondary N) is 1. The summed E-state index contributed by atoms with van der Waals surface area (Å²) in [5.74, 6) is 0.880. The molecule has 18 heavy (non-hydrogen) atoms. The molecule has 0 aliphatic rings. The molecule has 3 heterocycles. The Morgan fingerprint density at radius 2 is 2.28 bits per heavy atom. The van der Waals surface area contributed by atoms with Gasteiger partial charge in [-0.15, -0.1) is 11.3 Å². The second kappa shape index (κ2) is 4.78. The van der Waals surface area contributed by atoms with Crippen LogP contribution in [0.15, 0.2) is 36.1 Å². The van der Waals surface area contributed by atoms with Gasteiger partial charge < -0.3 is 5.32 Å². The zero-order valence-electron chi connectivity index (χ0n) is 10.1. The molecule has 0 saturated carbocycles. The van der Waals surface area contributed by atoms with Gasteiger partial charge in [-0.2, -0.15) is 5.10 Å². The first kappa shape index (κ1) is 11.2. The first-order valence-corrected chi connectivity index (χ1v) is 6.84. The van der Waals surface area contributed by atoms with Crippen molar-refractivity contribution in [1.82, 2.24) is 14.6 Å². The third-order valence-electron chi connectivity index (χ3n) is 2.96. The van der Waals surface area contributed by atoms with Gasteiger partial charge in [0.2, 0.25) is 0 Å². The van der Waals surface area contributed by atoms with Gasteiger partial charge in [0.1, 0.15) is 5.52 Å². The number of anilines is 1. The van der Waals surface area contributed by atoms with Gasteiger partial charge >= 0.3 is 0 Å². The molecule has 3 rings (SSSR count). The third kappa shape index (κ3) is 1.97.